The zero-order valence-corrected chi connectivity index (χ0v) is 29.9. The standard InChI is InChI=1S/C32H45NO19/c1-9-24(41)33-11-10-12-42-31-29(48-20(7)39)28(47-19(6)38)26(23(50-31)14-44-16(3)35)52-32-30(49-21(8)40)27(46-18(5)37)25(45-17(4)36)22(51-32)13-43-15(2)34/h9,22-23,25-32H,1,10-14H2,2-8H3,(H,33,41)/t22-,23-,25+,26-,27+,28+,29-,30-,31-,32+/m1/s1. The third-order valence-corrected chi connectivity index (χ3v) is 6.97. The molecule has 2 aliphatic heterocycles. The monoisotopic (exact) mass is 747 g/mol. The van der Waals surface area contributed by atoms with E-state index in [-0.39, 0.29) is 19.6 Å². The summed E-state index contributed by atoms with van der Waals surface area (Å²) in [5.74, 6) is -6.39. The molecular formula is C32H45NO19. The van der Waals surface area contributed by atoms with E-state index in [2.05, 4.69) is 11.9 Å². The molecule has 0 aromatic rings. The molecule has 52 heavy (non-hydrogen) atoms. The van der Waals surface area contributed by atoms with Crippen LogP contribution in [0.5, 0.6) is 0 Å². The highest BCUT2D eigenvalue weighted by Gasteiger charge is 2.57. The lowest BCUT2D eigenvalue weighted by atomic mass is 9.96. The van der Waals surface area contributed by atoms with Crippen LogP contribution in [0.3, 0.4) is 0 Å². The van der Waals surface area contributed by atoms with Crippen molar-refractivity contribution in [3.63, 3.8) is 0 Å². The fourth-order valence-corrected chi connectivity index (χ4v) is 5.16. The van der Waals surface area contributed by atoms with Crippen LogP contribution in [0.4, 0.5) is 0 Å². The number of carbonyl (C=O) groups excluding carboxylic acids is 8. The van der Waals surface area contributed by atoms with Gasteiger partial charge in [-0.3, -0.25) is 38.4 Å². The summed E-state index contributed by atoms with van der Waals surface area (Å²) >= 11 is 0. The van der Waals surface area contributed by atoms with Crippen LogP contribution >= 0.6 is 0 Å². The summed E-state index contributed by atoms with van der Waals surface area (Å²) in [7, 11) is 0. The van der Waals surface area contributed by atoms with Crippen molar-refractivity contribution < 1.29 is 90.5 Å². The average Bonchev–Trinajstić information content (AvgIpc) is 3.02. The number of hydrogen-bond donors (Lipinski definition) is 1. The molecule has 0 aliphatic carbocycles. The molecule has 10 atom stereocenters. The minimum atomic E-state index is -1.81. The van der Waals surface area contributed by atoms with E-state index in [0.717, 1.165) is 54.5 Å². The molecule has 0 unspecified atom stereocenters. The first-order valence-corrected chi connectivity index (χ1v) is 16.0. The Hall–Kier alpha value is -4.66. The highest BCUT2D eigenvalue weighted by Crippen LogP contribution is 2.35. The first-order chi connectivity index (χ1) is 24.4. The Morgan fingerprint density at radius 2 is 0.962 bits per heavy atom. The summed E-state index contributed by atoms with van der Waals surface area (Å²) in [6.07, 6.45) is -14.4. The van der Waals surface area contributed by atoms with Crippen LogP contribution in [-0.4, -0.2) is 135 Å². The van der Waals surface area contributed by atoms with Crippen LogP contribution in [0.25, 0.3) is 0 Å². The molecule has 1 N–H and O–H groups in total. The number of rotatable bonds is 17. The maximum Gasteiger partial charge on any atom is 0.303 e. The number of ether oxygens (including phenoxy) is 11. The van der Waals surface area contributed by atoms with E-state index >= 15 is 0 Å². The molecule has 0 bridgehead atoms. The van der Waals surface area contributed by atoms with Crippen molar-refractivity contribution in [3.8, 4) is 0 Å². The minimum absolute atomic E-state index is 0.0852. The van der Waals surface area contributed by atoms with Gasteiger partial charge in [0, 0.05) is 55.0 Å². The third-order valence-electron chi connectivity index (χ3n) is 6.97. The first-order valence-electron chi connectivity index (χ1n) is 16.0. The van der Waals surface area contributed by atoms with Crippen molar-refractivity contribution in [3.05, 3.63) is 12.7 Å². The SMILES string of the molecule is C=CC(=O)NCCCO[C@@H]1O[C@H](COC(C)=O)[C@@H](O[C@@H]2O[C@H](COC(C)=O)[C@H](OC(C)=O)[C@H](OC(C)=O)[C@H]2OC(C)=O)[C@H](OC(C)=O)[C@H]1OC(C)=O. The molecule has 0 aromatic heterocycles. The van der Waals surface area contributed by atoms with Crippen molar-refractivity contribution in [1.29, 1.82) is 0 Å². The van der Waals surface area contributed by atoms with Crippen LogP contribution in [0, 0.1) is 0 Å². The van der Waals surface area contributed by atoms with Gasteiger partial charge >= 0.3 is 41.8 Å². The van der Waals surface area contributed by atoms with Crippen molar-refractivity contribution in [2.24, 2.45) is 0 Å². The molecule has 292 valence electrons. The number of esters is 7. The van der Waals surface area contributed by atoms with Crippen molar-refractivity contribution in [2.45, 2.75) is 116 Å². The molecule has 2 aliphatic rings. The predicted octanol–water partition coefficient (Wildman–Crippen LogP) is -0.685. The van der Waals surface area contributed by atoms with Crippen LogP contribution in [0.1, 0.15) is 54.9 Å². The third kappa shape index (κ3) is 14.2. The second-order valence-electron chi connectivity index (χ2n) is 11.4. The molecule has 2 fully saturated rings. The van der Waals surface area contributed by atoms with Gasteiger partial charge in [0.05, 0.1) is 6.61 Å². The minimum Gasteiger partial charge on any atom is -0.463 e. The van der Waals surface area contributed by atoms with Crippen LogP contribution in [0.2, 0.25) is 0 Å². The van der Waals surface area contributed by atoms with Crippen LogP contribution < -0.4 is 5.32 Å². The van der Waals surface area contributed by atoms with Crippen molar-refractivity contribution >= 4 is 47.7 Å². The number of amides is 1. The Labute approximate surface area is 298 Å². The van der Waals surface area contributed by atoms with Gasteiger partial charge in [-0.25, -0.2) is 0 Å². The largest absolute Gasteiger partial charge is 0.463 e. The molecular weight excluding hydrogens is 702 g/mol. The van der Waals surface area contributed by atoms with Gasteiger partial charge in [0.25, 0.3) is 0 Å². The maximum atomic E-state index is 12.5. The van der Waals surface area contributed by atoms with Crippen LogP contribution in [0.15, 0.2) is 12.7 Å². The molecule has 2 rings (SSSR count). The van der Waals surface area contributed by atoms with E-state index in [1.807, 2.05) is 0 Å². The van der Waals surface area contributed by atoms with E-state index in [9.17, 15) is 38.4 Å². The smallest absolute Gasteiger partial charge is 0.303 e. The summed E-state index contributed by atoms with van der Waals surface area (Å²) in [5, 5.41) is 2.56. The molecule has 2 saturated heterocycles. The molecule has 20 nitrogen and oxygen atoms in total. The summed E-state index contributed by atoms with van der Waals surface area (Å²) < 4.78 is 61.9. The Bertz CT molecular complexity index is 1320. The van der Waals surface area contributed by atoms with Gasteiger partial charge in [-0.15, -0.1) is 0 Å². The number of carbonyl (C=O) groups is 8. The first kappa shape index (κ1) is 43.5. The molecule has 2 heterocycles. The van der Waals surface area contributed by atoms with E-state index in [1.165, 1.54) is 0 Å². The number of hydrogen-bond acceptors (Lipinski definition) is 19. The van der Waals surface area contributed by atoms with E-state index < -0.39 is 122 Å². The quantitative estimate of drug-likeness (QED) is 0.0837. The maximum absolute atomic E-state index is 12.5. The Morgan fingerprint density at radius 3 is 1.42 bits per heavy atom. The Balaban J connectivity index is 2.65. The van der Waals surface area contributed by atoms with Gasteiger partial charge in [-0.2, -0.15) is 0 Å². The lowest BCUT2D eigenvalue weighted by Gasteiger charge is -2.48. The van der Waals surface area contributed by atoms with Gasteiger partial charge in [0.15, 0.2) is 43.1 Å². The lowest BCUT2D eigenvalue weighted by molar-refractivity contribution is -0.361. The van der Waals surface area contributed by atoms with Gasteiger partial charge in [-0.1, -0.05) is 6.58 Å². The summed E-state index contributed by atoms with van der Waals surface area (Å²) in [6, 6.07) is 0. The molecule has 0 radical (unpaired) electrons. The van der Waals surface area contributed by atoms with Crippen LogP contribution in [-0.2, 0) is 90.5 Å². The Kier molecular flexibility index (Phi) is 17.6. The predicted molar refractivity (Wildman–Crippen MR) is 167 cm³/mol. The fourth-order valence-electron chi connectivity index (χ4n) is 5.16. The van der Waals surface area contributed by atoms with Crippen molar-refractivity contribution in [1.82, 2.24) is 5.32 Å². The topological polar surface area (TPSA) is 250 Å². The second-order valence-corrected chi connectivity index (χ2v) is 11.4. The summed E-state index contributed by atoms with van der Waals surface area (Å²) in [6.45, 7) is 9.70. The van der Waals surface area contributed by atoms with Gasteiger partial charge in [-0.05, 0) is 12.5 Å². The zero-order valence-electron chi connectivity index (χ0n) is 29.9. The van der Waals surface area contributed by atoms with E-state index in [4.69, 9.17) is 52.1 Å². The van der Waals surface area contributed by atoms with E-state index in [1.54, 1.807) is 0 Å². The summed E-state index contributed by atoms with van der Waals surface area (Å²) in [5.41, 5.74) is 0. The highest BCUT2D eigenvalue weighted by molar-refractivity contribution is 5.86. The molecule has 1 amide bonds. The second kappa shape index (κ2) is 21.0. The molecule has 20 heteroatoms. The fraction of sp³-hybridized carbons (Fsp3) is 0.688. The number of nitrogens with one attached hydrogen (secondary N) is 1. The van der Waals surface area contributed by atoms with Gasteiger partial charge < -0.3 is 57.4 Å². The molecule has 0 saturated carbocycles. The molecule has 0 aromatic carbocycles. The van der Waals surface area contributed by atoms with Gasteiger partial charge in [0.1, 0.15) is 31.5 Å². The van der Waals surface area contributed by atoms with E-state index in [0.29, 0.717) is 0 Å². The van der Waals surface area contributed by atoms with Gasteiger partial charge in [0.2, 0.25) is 5.91 Å². The lowest BCUT2D eigenvalue weighted by Crippen LogP contribution is -2.67. The molecule has 0 spiro atoms. The normalized spacial score (nSPS) is 28.2. The highest BCUT2D eigenvalue weighted by atomic mass is 16.8. The zero-order chi connectivity index (χ0) is 39.1. The summed E-state index contributed by atoms with van der Waals surface area (Å²) in [4.78, 5) is 96.8. The Morgan fingerprint density at radius 1 is 0.558 bits per heavy atom. The van der Waals surface area contributed by atoms with Crippen molar-refractivity contribution in [2.75, 3.05) is 26.4 Å². The average molecular weight is 748 g/mol.